The summed E-state index contributed by atoms with van der Waals surface area (Å²) in [5.74, 6) is -1.72. The Hall–Kier alpha value is -2.15. The first-order chi connectivity index (χ1) is 14.5. The molecule has 2 saturated heterocycles. The van der Waals surface area contributed by atoms with Gasteiger partial charge in [0.05, 0.1) is 17.9 Å². The first kappa shape index (κ1) is 19.8. The molecule has 2 bridgehead atoms. The van der Waals surface area contributed by atoms with Crippen LogP contribution in [0.3, 0.4) is 0 Å². The standard InChI is InChI=1S/C23H31N3O4/c1-2-13-26-19(21(28)25-15-9-5-6-10-15)23-12-11-16(30-23)17(18(23)22(26)29)20(27)24-14-7-3-4-8-14/h2,11-12,14-19H,1,3-10,13H2,(H,24,27)(H,25,28)/t16-,17+,18+,19-,23+/m1/s1. The molecule has 5 rings (SSSR count). The first-order valence-electron chi connectivity index (χ1n) is 11.4. The number of likely N-dealkylation sites (tertiary alicyclic amines) is 1. The topological polar surface area (TPSA) is 87.7 Å². The van der Waals surface area contributed by atoms with E-state index in [1.54, 1.807) is 11.0 Å². The van der Waals surface area contributed by atoms with Crippen LogP contribution in [-0.2, 0) is 19.1 Å². The van der Waals surface area contributed by atoms with Gasteiger partial charge >= 0.3 is 0 Å². The molecule has 0 aromatic heterocycles. The lowest BCUT2D eigenvalue weighted by Crippen LogP contribution is -2.56. The number of rotatable bonds is 6. The summed E-state index contributed by atoms with van der Waals surface area (Å²) in [6, 6.07) is -0.435. The van der Waals surface area contributed by atoms with Gasteiger partial charge in [-0.2, -0.15) is 0 Å². The number of hydrogen-bond donors (Lipinski definition) is 2. The van der Waals surface area contributed by atoms with E-state index in [1.807, 2.05) is 12.2 Å². The number of hydrogen-bond acceptors (Lipinski definition) is 4. The van der Waals surface area contributed by atoms with Crippen molar-refractivity contribution in [2.75, 3.05) is 6.54 Å². The summed E-state index contributed by atoms with van der Waals surface area (Å²) >= 11 is 0. The van der Waals surface area contributed by atoms with Crippen LogP contribution in [0.2, 0.25) is 0 Å². The van der Waals surface area contributed by atoms with Gasteiger partial charge in [0.25, 0.3) is 0 Å². The van der Waals surface area contributed by atoms with Gasteiger partial charge in [0.15, 0.2) is 0 Å². The molecule has 0 unspecified atom stereocenters. The summed E-state index contributed by atoms with van der Waals surface area (Å²) < 4.78 is 6.30. The molecule has 30 heavy (non-hydrogen) atoms. The van der Waals surface area contributed by atoms with Crippen LogP contribution in [0, 0.1) is 11.8 Å². The molecule has 0 aromatic rings. The molecule has 0 radical (unpaired) electrons. The van der Waals surface area contributed by atoms with Crippen LogP contribution < -0.4 is 10.6 Å². The van der Waals surface area contributed by atoms with Gasteiger partial charge in [-0.25, -0.2) is 0 Å². The highest BCUT2D eigenvalue weighted by Crippen LogP contribution is 2.55. The van der Waals surface area contributed by atoms with Crippen molar-refractivity contribution in [1.29, 1.82) is 0 Å². The number of ether oxygens (including phenoxy) is 1. The minimum absolute atomic E-state index is 0.119. The quantitative estimate of drug-likeness (QED) is 0.645. The molecule has 5 aliphatic rings. The molecule has 7 nitrogen and oxygen atoms in total. The van der Waals surface area contributed by atoms with Crippen molar-refractivity contribution in [1.82, 2.24) is 15.5 Å². The molecule has 7 heteroatoms. The van der Waals surface area contributed by atoms with E-state index in [9.17, 15) is 14.4 Å². The second kappa shape index (κ2) is 7.52. The van der Waals surface area contributed by atoms with Crippen LogP contribution >= 0.6 is 0 Å². The molecule has 162 valence electrons. The first-order valence-corrected chi connectivity index (χ1v) is 11.4. The average Bonchev–Trinajstić information content (AvgIpc) is 3.51. The third kappa shape index (κ3) is 2.93. The van der Waals surface area contributed by atoms with Gasteiger partial charge in [-0.05, 0) is 25.7 Å². The fourth-order valence-corrected chi connectivity index (χ4v) is 6.32. The smallest absolute Gasteiger partial charge is 0.246 e. The maximum absolute atomic E-state index is 13.5. The average molecular weight is 414 g/mol. The molecule has 3 aliphatic heterocycles. The monoisotopic (exact) mass is 413 g/mol. The maximum atomic E-state index is 13.5. The highest BCUT2D eigenvalue weighted by molar-refractivity contribution is 6.00. The summed E-state index contributed by atoms with van der Waals surface area (Å²) in [6.45, 7) is 4.03. The van der Waals surface area contributed by atoms with E-state index in [0.717, 1.165) is 51.4 Å². The highest BCUT2D eigenvalue weighted by atomic mass is 16.5. The van der Waals surface area contributed by atoms with Crippen LogP contribution in [0.15, 0.2) is 24.8 Å². The molecular weight excluding hydrogens is 382 g/mol. The van der Waals surface area contributed by atoms with Gasteiger partial charge in [-0.3, -0.25) is 14.4 Å². The van der Waals surface area contributed by atoms with E-state index in [1.165, 1.54) is 0 Å². The van der Waals surface area contributed by atoms with Crippen LogP contribution in [0.1, 0.15) is 51.4 Å². The molecule has 3 heterocycles. The van der Waals surface area contributed by atoms with E-state index in [0.29, 0.717) is 0 Å². The Kier molecular flexibility index (Phi) is 4.96. The van der Waals surface area contributed by atoms with E-state index in [4.69, 9.17) is 4.74 Å². The summed E-state index contributed by atoms with van der Waals surface area (Å²) in [4.78, 5) is 41.6. The fraction of sp³-hybridized carbons (Fsp3) is 0.696. The molecule has 2 saturated carbocycles. The van der Waals surface area contributed by atoms with Crippen molar-refractivity contribution in [3.8, 4) is 0 Å². The van der Waals surface area contributed by atoms with Gasteiger partial charge in [-0.15, -0.1) is 6.58 Å². The van der Waals surface area contributed by atoms with Crippen molar-refractivity contribution >= 4 is 17.7 Å². The number of fused-ring (bicyclic) bond motifs is 1. The van der Waals surface area contributed by atoms with E-state index >= 15 is 0 Å². The summed E-state index contributed by atoms with van der Waals surface area (Å²) in [7, 11) is 0. The van der Waals surface area contributed by atoms with Gasteiger partial charge < -0.3 is 20.3 Å². The zero-order chi connectivity index (χ0) is 20.9. The third-order valence-electron chi connectivity index (χ3n) is 7.65. The van der Waals surface area contributed by atoms with Crippen LogP contribution in [0.5, 0.6) is 0 Å². The minimum atomic E-state index is -1.06. The lowest BCUT2D eigenvalue weighted by atomic mass is 9.74. The van der Waals surface area contributed by atoms with Crippen molar-refractivity contribution in [3.63, 3.8) is 0 Å². The maximum Gasteiger partial charge on any atom is 0.246 e. The lowest BCUT2D eigenvalue weighted by Gasteiger charge is -2.32. The Morgan fingerprint density at radius 2 is 1.70 bits per heavy atom. The van der Waals surface area contributed by atoms with Crippen LogP contribution in [0.25, 0.3) is 0 Å². The number of amides is 3. The predicted molar refractivity (Wildman–Crippen MR) is 110 cm³/mol. The number of carbonyl (C=O) groups is 3. The molecule has 5 atom stereocenters. The summed E-state index contributed by atoms with van der Waals surface area (Å²) in [5.41, 5.74) is -1.06. The Labute approximate surface area is 177 Å². The summed E-state index contributed by atoms with van der Waals surface area (Å²) in [6.07, 6.45) is 13.3. The molecule has 4 fully saturated rings. The zero-order valence-electron chi connectivity index (χ0n) is 17.3. The Morgan fingerprint density at radius 1 is 1.10 bits per heavy atom. The number of carbonyl (C=O) groups excluding carboxylic acids is 3. The van der Waals surface area contributed by atoms with E-state index in [-0.39, 0.29) is 36.3 Å². The second-order valence-electron chi connectivity index (χ2n) is 9.46. The molecule has 3 amide bonds. The van der Waals surface area contributed by atoms with Crippen molar-refractivity contribution in [3.05, 3.63) is 24.8 Å². The van der Waals surface area contributed by atoms with Gasteiger partial charge in [0.2, 0.25) is 17.7 Å². The van der Waals surface area contributed by atoms with Gasteiger partial charge in [0, 0.05) is 18.6 Å². The predicted octanol–water partition coefficient (Wildman–Crippen LogP) is 1.44. The molecule has 1 spiro atoms. The van der Waals surface area contributed by atoms with Gasteiger partial charge in [0.1, 0.15) is 11.6 Å². The van der Waals surface area contributed by atoms with Gasteiger partial charge in [-0.1, -0.05) is 43.9 Å². The van der Waals surface area contributed by atoms with E-state index in [2.05, 4.69) is 17.2 Å². The Morgan fingerprint density at radius 3 is 2.30 bits per heavy atom. The number of nitrogens with zero attached hydrogens (tertiary/aromatic N) is 1. The van der Waals surface area contributed by atoms with Crippen LogP contribution in [0.4, 0.5) is 0 Å². The van der Waals surface area contributed by atoms with Crippen LogP contribution in [-0.4, -0.2) is 59.0 Å². The second-order valence-corrected chi connectivity index (χ2v) is 9.46. The minimum Gasteiger partial charge on any atom is -0.359 e. The lowest BCUT2D eigenvalue weighted by molar-refractivity contribution is -0.141. The Bertz CT molecular complexity index is 783. The molecule has 2 N–H and O–H groups in total. The largest absolute Gasteiger partial charge is 0.359 e. The normalized spacial score (nSPS) is 37.7. The third-order valence-corrected chi connectivity index (χ3v) is 7.65. The van der Waals surface area contributed by atoms with Crippen molar-refractivity contribution in [2.24, 2.45) is 11.8 Å². The highest BCUT2D eigenvalue weighted by Gasteiger charge is 2.72. The van der Waals surface area contributed by atoms with Crippen molar-refractivity contribution < 1.29 is 19.1 Å². The summed E-state index contributed by atoms with van der Waals surface area (Å²) in [5, 5.41) is 6.28. The SMILES string of the molecule is C=CCN1C(=O)[C@@H]2[C@@H](C(=O)NC3CCCC3)[C@H]3C=C[C@@]2(O3)[C@H]1C(=O)NC1CCCC1. The van der Waals surface area contributed by atoms with Crippen molar-refractivity contribution in [2.45, 2.75) is 81.2 Å². The Balaban J connectivity index is 1.42. The number of nitrogens with one attached hydrogen (secondary N) is 2. The molecular formula is C23H31N3O4. The molecule has 0 aromatic carbocycles. The van der Waals surface area contributed by atoms with E-state index < -0.39 is 29.6 Å². The fourth-order valence-electron chi connectivity index (χ4n) is 6.32. The molecule has 2 aliphatic carbocycles. The zero-order valence-corrected chi connectivity index (χ0v) is 17.3.